The Morgan fingerprint density at radius 3 is 2.40 bits per heavy atom. The minimum Gasteiger partial charge on any atom is -0.442 e. The average molecular weight is 331 g/mol. The Hall–Kier alpha value is -3.06. The highest BCUT2D eigenvalue weighted by Crippen LogP contribution is 2.28. The van der Waals surface area contributed by atoms with E-state index in [-0.39, 0.29) is 0 Å². The lowest BCUT2D eigenvalue weighted by Crippen LogP contribution is -1.99. The van der Waals surface area contributed by atoms with Crippen LogP contribution in [0.15, 0.2) is 39.7 Å². The maximum absolute atomic E-state index is 9.30. The van der Waals surface area contributed by atoms with Crippen molar-refractivity contribution in [1.82, 2.24) is 4.57 Å². The van der Waals surface area contributed by atoms with Gasteiger partial charge < -0.3 is 8.98 Å². The molecule has 4 heteroatoms. The van der Waals surface area contributed by atoms with Crippen LogP contribution in [0.5, 0.6) is 0 Å². The first-order valence-corrected chi connectivity index (χ1v) is 8.22. The van der Waals surface area contributed by atoms with Crippen molar-refractivity contribution in [3.05, 3.63) is 69.7 Å². The molecular formula is C21H21N3O. The van der Waals surface area contributed by atoms with Gasteiger partial charge in [-0.1, -0.05) is 17.7 Å². The zero-order valence-corrected chi connectivity index (χ0v) is 15.2. The van der Waals surface area contributed by atoms with Gasteiger partial charge in [-0.05, 0) is 52.8 Å². The van der Waals surface area contributed by atoms with Crippen LogP contribution < -0.4 is 0 Å². The molecule has 0 atom stereocenters. The van der Waals surface area contributed by atoms with Gasteiger partial charge in [0.05, 0.1) is 0 Å². The fourth-order valence-corrected chi connectivity index (χ4v) is 2.97. The number of aromatic nitrogens is 1. The van der Waals surface area contributed by atoms with Gasteiger partial charge in [0, 0.05) is 34.4 Å². The second-order valence-corrected chi connectivity index (χ2v) is 6.33. The van der Waals surface area contributed by atoms with Gasteiger partial charge in [0.15, 0.2) is 0 Å². The van der Waals surface area contributed by atoms with Crippen LogP contribution in [0.4, 0.5) is 5.88 Å². The van der Waals surface area contributed by atoms with Crippen molar-refractivity contribution >= 4 is 12.1 Å². The van der Waals surface area contributed by atoms with E-state index in [2.05, 4.69) is 66.7 Å². The number of aryl methyl sites for hydroxylation is 3. The van der Waals surface area contributed by atoms with Crippen LogP contribution in [0.3, 0.4) is 0 Å². The van der Waals surface area contributed by atoms with Gasteiger partial charge in [0.25, 0.3) is 0 Å². The Balaban J connectivity index is 2.00. The summed E-state index contributed by atoms with van der Waals surface area (Å²) in [7, 11) is 0. The minimum absolute atomic E-state index is 0.373. The minimum atomic E-state index is 0.373. The third-order valence-electron chi connectivity index (χ3n) is 4.56. The topological polar surface area (TPSA) is 54.2 Å². The number of hydrogen-bond donors (Lipinski definition) is 0. The maximum atomic E-state index is 9.30. The molecule has 0 aliphatic rings. The lowest BCUT2D eigenvalue weighted by atomic mass is 10.2. The molecule has 0 saturated carbocycles. The van der Waals surface area contributed by atoms with Crippen molar-refractivity contribution in [2.45, 2.75) is 34.6 Å². The summed E-state index contributed by atoms with van der Waals surface area (Å²) in [5.41, 5.74) is 6.96. The highest BCUT2D eigenvalue weighted by molar-refractivity contribution is 5.84. The smallest absolute Gasteiger partial charge is 0.237 e. The molecule has 0 bridgehead atoms. The van der Waals surface area contributed by atoms with Crippen LogP contribution in [0, 0.1) is 45.9 Å². The highest BCUT2D eigenvalue weighted by Gasteiger charge is 2.14. The molecule has 0 radical (unpaired) electrons. The lowest BCUT2D eigenvalue weighted by molar-refractivity contribution is 0.542. The number of furan rings is 1. The summed E-state index contributed by atoms with van der Waals surface area (Å²) in [6.45, 7) is 9.94. The summed E-state index contributed by atoms with van der Waals surface area (Å²) in [6, 6.07) is 12.7. The van der Waals surface area contributed by atoms with Crippen LogP contribution in [0.25, 0.3) is 5.69 Å². The molecule has 3 rings (SSSR count). The number of hydrogen-bond acceptors (Lipinski definition) is 3. The SMILES string of the molecule is Cc1ccc(-n2c(C)cc(C=Nc3oc(C)c(C)c3C#N)c2C)cc1. The first kappa shape index (κ1) is 16.8. The van der Waals surface area contributed by atoms with E-state index in [0.717, 1.165) is 34.0 Å². The van der Waals surface area contributed by atoms with E-state index in [1.165, 1.54) is 5.56 Å². The lowest BCUT2D eigenvalue weighted by Gasteiger charge is -2.09. The Bertz CT molecular complexity index is 995. The molecule has 0 unspecified atom stereocenters. The van der Waals surface area contributed by atoms with Gasteiger partial charge >= 0.3 is 0 Å². The molecule has 0 amide bonds. The zero-order chi connectivity index (χ0) is 18.1. The monoisotopic (exact) mass is 331 g/mol. The fourth-order valence-electron chi connectivity index (χ4n) is 2.97. The van der Waals surface area contributed by atoms with Crippen LogP contribution in [-0.2, 0) is 0 Å². The highest BCUT2D eigenvalue weighted by atomic mass is 16.4. The van der Waals surface area contributed by atoms with E-state index < -0.39 is 0 Å². The molecule has 0 N–H and O–H groups in total. The number of rotatable bonds is 3. The molecular weight excluding hydrogens is 310 g/mol. The summed E-state index contributed by atoms with van der Waals surface area (Å²) in [6.07, 6.45) is 1.77. The first-order valence-electron chi connectivity index (χ1n) is 8.22. The predicted molar refractivity (Wildman–Crippen MR) is 100 cm³/mol. The number of nitriles is 1. The Morgan fingerprint density at radius 2 is 1.76 bits per heavy atom. The molecule has 25 heavy (non-hydrogen) atoms. The van der Waals surface area contributed by atoms with E-state index in [0.29, 0.717) is 11.4 Å². The summed E-state index contributed by atoms with van der Waals surface area (Å²) in [4.78, 5) is 4.42. The van der Waals surface area contributed by atoms with Crippen molar-refractivity contribution < 1.29 is 4.42 Å². The molecule has 2 heterocycles. The number of aliphatic imine (C=N–C) groups is 1. The average Bonchev–Trinajstić information content (AvgIpc) is 3.02. The third-order valence-corrected chi connectivity index (χ3v) is 4.56. The van der Waals surface area contributed by atoms with Gasteiger partial charge in [0.2, 0.25) is 5.88 Å². The van der Waals surface area contributed by atoms with Crippen molar-refractivity contribution in [2.75, 3.05) is 0 Å². The van der Waals surface area contributed by atoms with Crippen LogP contribution in [-0.4, -0.2) is 10.8 Å². The van der Waals surface area contributed by atoms with Gasteiger partial charge in [-0.25, -0.2) is 4.99 Å². The van der Waals surface area contributed by atoms with E-state index in [1.807, 2.05) is 13.8 Å². The predicted octanol–water partition coefficient (Wildman–Crippen LogP) is 5.23. The third kappa shape index (κ3) is 3.01. The second-order valence-electron chi connectivity index (χ2n) is 6.33. The first-order chi connectivity index (χ1) is 11.9. The van der Waals surface area contributed by atoms with Gasteiger partial charge in [-0.15, -0.1) is 0 Å². The van der Waals surface area contributed by atoms with E-state index in [1.54, 1.807) is 6.21 Å². The summed E-state index contributed by atoms with van der Waals surface area (Å²) in [5, 5.41) is 9.30. The van der Waals surface area contributed by atoms with E-state index in [4.69, 9.17) is 4.42 Å². The molecule has 0 saturated heterocycles. The molecule has 4 nitrogen and oxygen atoms in total. The second kappa shape index (κ2) is 6.45. The zero-order valence-electron chi connectivity index (χ0n) is 15.2. The normalized spacial score (nSPS) is 11.2. The Morgan fingerprint density at radius 1 is 1.08 bits per heavy atom. The Labute approximate surface area is 148 Å². The molecule has 0 aliphatic carbocycles. The molecule has 3 aromatic rings. The van der Waals surface area contributed by atoms with E-state index >= 15 is 0 Å². The largest absolute Gasteiger partial charge is 0.442 e. The fraction of sp³-hybridized carbons (Fsp3) is 0.238. The molecule has 0 spiro atoms. The summed E-state index contributed by atoms with van der Waals surface area (Å²) in [5.74, 6) is 1.10. The number of benzene rings is 1. The molecule has 0 fully saturated rings. The van der Waals surface area contributed by atoms with Gasteiger partial charge in [-0.3, -0.25) is 0 Å². The maximum Gasteiger partial charge on any atom is 0.237 e. The standard InChI is InChI=1S/C21H21N3O/c1-13-6-8-19(9-7-13)24-14(2)10-18(16(24)4)12-23-21-20(11-22)15(3)17(5)25-21/h6-10,12H,1-5H3. The molecule has 126 valence electrons. The summed E-state index contributed by atoms with van der Waals surface area (Å²) >= 11 is 0. The molecule has 2 aromatic heterocycles. The molecule has 1 aromatic carbocycles. The quantitative estimate of drug-likeness (QED) is 0.617. The number of nitrogens with zero attached hydrogens (tertiary/aromatic N) is 3. The molecule has 0 aliphatic heterocycles. The van der Waals surface area contributed by atoms with Crippen molar-refractivity contribution in [1.29, 1.82) is 5.26 Å². The Kier molecular flexibility index (Phi) is 4.33. The van der Waals surface area contributed by atoms with Gasteiger partial charge in [0.1, 0.15) is 17.4 Å². The van der Waals surface area contributed by atoms with E-state index in [9.17, 15) is 5.26 Å². The van der Waals surface area contributed by atoms with Crippen LogP contribution >= 0.6 is 0 Å². The van der Waals surface area contributed by atoms with Crippen LogP contribution in [0.1, 0.15) is 39.4 Å². The van der Waals surface area contributed by atoms with Crippen molar-refractivity contribution in [3.63, 3.8) is 0 Å². The van der Waals surface area contributed by atoms with Crippen molar-refractivity contribution in [3.8, 4) is 11.8 Å². The van der Waals surface area contributed by atoms with Gasteiger partial charge in [-0.2, -0.15) is 5.26 Å². The van der Waals surface area contributed by atoms with Crippen LogP contribution in [0.2, 0.25) is 0 Å². The summed E-state index contributed by atoms with van der Waals surface area (Å²) < 4.78 is 7.80. The van der Waals surface area contributed by atoms with Crippen molar-refractivity contribution in [2.24, 2.45) is 4.99 Å².